The number of nitrogens with zero attached hydrogens (tertiary/aromatic N) is 1. The number of carbonyl (C=O) groups is 1. The number of hydrogen-bond donors (Lipinski definition) is 2. The van der Waals surface area contributed by atoms with Crippen molar-refractivity contribution in [1.29, 1.82) is 0 Å². The van der Waals surface area contributed by atoms with Crippen molar-refractivity contribution in [2.75, 3.05) is 5.32 Å². The van der Waals surface area contributed by atoms with Crippen molar-refractivity contribution in [2.24, 2.45) is 0 Å². The molecule has 1 atom stereocenters. The number of H-pyrrole nitrogens is 1. The van der Waals surface area contributed by atoms with Crippen LogP contribution in [0.4, 0.5) is 5.69 Å². The van der Waals surface area contributed by atoms with Crippen molar-refractivity contribution < 1.29 is 4.79 Å². The van der Waals surface area contributed by atoms with Gasteiger partial charge >= 0.3 is 0 Å². The normalized spacial score (nSPS) is 20.7. The van der Waals surface area contributed by atoms with Gasteiger partial charge in [0.1, 0.15) is 10.7 Å². The second kappa shape index (κ2) is 2.88. The Labute approximate surface area is 78.0 Å². The van der Waals surface area contributed by atoms with Crippen LogP contribution in [0.1, 0.15) is 6.92 Å². The van der Waals surface area contributed by atoms with Crippen LogP contribution in [0.5, 0.6) is 0 Å². The minimum atomic E-state index is -0.308. The topological polar surface area (TPSA) is 74.8 Å². The van der Waals surface area contributed by atoms with Gasteiger partial charge in [-0.15, -0.1) is 0 Å². The molecule has 0 saturated heterocycles. The summed E-state index contributed by atoms with van der Waals surface area (Å²) >= 11 is 1.29. The number of amides is 1. The third kappa shape index (κ3) is 1.33. The minimum Gasteiger partial charge on any atom is -0.318 e. The van der Waals surface area contributed by atoms with Gasteiger partial charge in [-0.3, -0.25) is 9.59 Å². The number of aromatic nitrogens is 2. The number of fused-ring (bicyclic) bond motifs is 1. The summed E-state index contributed by atoms with van der Waals surface area (Å²) in [5.41, 5.74) is -0.0478. The van der Waals surface area contributed by atoms with Crippen LogP contribution in [0.3, 0.4) is 0 Å². The number of thioether (sulfide) groups is 1. The summed E-state index contributed by atoms with van der Waals surface area (Å²) in [6.07, 6.45) is 1.33. The van der Waals surface area contributed by atoms with Crippen LogP contribution in [0.2, 0.25) is 0 Å². The minimum absolute atomic E-state index is 0.156. The molecule has 0 aliphatic carbocycles. The molecule has 2 rings (SSSR count). The summed E-state index contributed by atoms with van der Waals surface area (Å²) in [5, 5.41) is 2.90. The summed E-state index contributed by atoms with van der Waals surface area (Å²) < 4.78 is 0. The zero-order valence-electron chi connectivity index (χ0n) is 6.83. The molecule has 0 saturated carbocycles. The van der Waals surface area contributed by atoms with Gasteiger partial charge in [0.05, 0.1) is 11.6 Å². The van der Waals surface area contributed by atoms with Gasteiger partial charge < -0.3 is 10.3 Å². The average Bonchev–Trinajstić information content (AvgIpc) is 2.09. The smallest absolute Gasteiger partial charge is 0.275 e. The lowest BCUT2D eigenvalue weighted by atomic mass is 10.4. The molecule has 68 valence electrons. The van der Waals surface area contributed by atoms with Gasteiger partial charge in [0.15, 0.2) is 0 Å². The Morgan fingerprint density at radius 3 is 3.08 bits per heavy atom. The average molecular weight is 197 g/mol. The molecule has 1 aromatic heterocycles. The molecule has 0 aromatic carbocycles. The molecule has 5 nitrogen and oxygen atoms in total. The van der Waals surface area contributed by atoms with Crippen molar-refractivity contribution in [3.05, 3.63) is 16.7 Å². The molecule has 13 heavy (non-hydrogen) atoms. The maximum absolute atomic E-state index is 11.2. The molecule has 1 unspecified atom stereocenters. The first-order chi connectivity index (χ1) is 6.18. The fourth-order valence-corrected chi connectivity index (χ4v) is 1.90. The molecular formula is C7H7N3O2S. The standard InChI is InChI=1S/C7H7N3O2S/c1-3-5(11)10-4-6(12)8-2-9-7(4)13-3/h2-3H,1H3,(H,10,11)(H,8,9,12). The number of carbonyl (C=O) groups excluding carboxylic acids is 1. The van der Waals surface area contributed by atoms with E-state index in [1.165, 1.54) is 18.1 Å². The van der Waals surface area contributed by atoms with Crippen LogP contribution >= 0.6 is 11.8 Å². The van der Waals surface area contributed by atoms with Crippen molar-refractivity contribution in [2.45, 2.75) is 17.2 Å². The van der Waals surface area contributed by atoms with Gasteiger partial charge in [-0.05, 0) is 6.92 Å². The van der Waals surface area contributed by atoms with Gasteiger partial charge in [0.2, 0.25) is 5.91 Å². The number of hydrogen-bond acceptors (Lipinski definition) is 4. The van der Waals surface area contributed by atoms with E-state index in [1.807, 2.05) is 0 Å². The highest BCUT2D eigenvalue weighted by atomic mass is 32.2. The van der Waals surface area contributed by atoms with Crippen molar-refractivity contribution in [3.63, 3.8) is 0 Å². The molecule has 1 amide bonds. The van der Waals surface area contributed by atoms with Gasteiger partial charge in [-0.25, -0.2) is 4.98 Å². The Hall–Kier alpha value is -1.30. The molecule has 0 bridgehead atoms. The van der Waals surface area contributed by atoms with Crippen LogP contribution in [0, 0.1) is 0 Å². The Balaban J connectivity index is 2.54. The Kier molecular flexibility index (Phi) is 1.84. The van der Waals surface area contributed by atoms with E-state index < -0.39 is 0 Å². The molecule has 0 radical (unpaired) electrons. The lowest BCUT2D eigenvalue weighted by Gasteiger charge is -2.18. The van der Waals surface area contributed by atoms with Crippen LogP contribution in [-0.4, -0.2) is 21.1 Å². The molecule has 1 aromatic rings. The molecule has 6 heteroatoms. The first kappa shape index (κ1) is 8.31. The van der Waals surface area contributed by atoms with Gasteiger partial charge in [0.25, 0.3) is 5.56 Å². The fourth-order valence-electron chi connectivity index (χ4n) is 1.03. The van der Waals surface area contributed by atoms with E-state index in [0.29, 0.717) is 5.03 Å². The van der Waals surface area contributed by atoms with E-state index in [2.05, 4.69) is 15.3 Å². The summed E-state index contributed by atoms with van der Waals surface area (Å²) in [6.45, 7) is 1.77. The van der Waals surface area contributed by atoms with E-state index in [4.69, 9.17) is 0 Å². The Morgan fingerprint density at radius 2 is 2.31 bits per heavy atom. The van der Waals surface area contributed by atoms with E-state index in [0.717, 1.165) is 0 Å². The van der Waals surface area contributed by atoms with Gasteiger partial charge in [-0.2, -0.15) is 0 Å². The van der Waals surface area contributed by atoms with Crippen LogP contribution in [-0.2, 0) is 4.79 Å². The van der Waals surface area contributed by atoms with Gasteiger partial charge in [0, 0.05) is 0 Å². The summed E-state index contributed by atoms with van der Waals surface area (Å²) in [4.78, 5) is 28.7. The highest BCUT2D eigenvalue weighted by Crippen LogP contribution is 2.30. The van der Waals surface area contributed by atoms with Gasteiger partial charge in [-0.1, -0.05) is 11.8 Å². The van der Waals surface area contributed by atoms with Crippen molar-refractivity contribution in [3.8, 4) is 0 Å². The van der Waals surface area contributed by atoms with Crippen molar-refractivity contribution >= 4 is 23.4 Å². The maximum Gasteiger partial charge on any atom is 0.275 e. The Bertz CT molecular complexity index is 414. The van der Waals surface area contributed by atoms with E-state index in [1.54, 1.807) is 6.92 Å². The molecular weight excluding hydrogens is 190 g/mol. The third-order valence-corrected chi connectivity index (χ3v) is 2.82. The fraction of sp³-hybridized carbons (Fsp3) is 0.286. The number of rotatable bonds is 0. The highest BCUT2D eigenvalue weighted by Gasteiger charge is 2.25. The second-order valence-corrected chi connectivity index (χ2v) is 3.99. The molecule has 0 spiro atoms. The zero-order chi connectivity index (χ0) is 9.42. The highest BCUT2D eigenvalue weighted by molar-refractivity contribution is 8.00. The first-order valence-electron chi connectivity index (χ1n) is 3.73. The molecule has 2 heterocycles. The SMILES string of the molecule is CC1Sc2nc[nH]c(=O)c2NC1=O. The summed E-state index contributed by atoms with van der Waals surface area (Å²) in [7, 11) is 0. The lowest BCUT2D eigenvalue weighted by molar-refractivity contribution is -0.115. The predicted octanol–water partition coefficient (Wildman–Crippen LogP) is 0.203. The molecule has 0 fully saturated rings. The summed E-state index contributed by atoms with van der Waals surface area (Å²) in [6, 6.07) is 0. The quantitative estimate of drug-likeness (QED) is 0.583. The monoisotopic (exact) mass is 197 g/mol. The predicted molar refractivity (Wildman–Crippen MR) is 48.8 cm³/mol. The number of nitrogens with one attached hydrogen (secondary N) is 2. The van der Waals surface area contributed by atoms with E-state index >= 15 is 0 Å². The van der Waals surface area contributed by atoms with Crippen molar-refractivity contribution in [1.82, 2.24) is 9.97 Å². The maximum atomic E-state index is 11.2. The largest absolute Gasteiger partial charge is 0.318 e. The summed E-state index contributed by atoms with van der Waals surface area (Å²) in [5.74, 6) is -0.156. The molecule has 1 aliphatic rings. The molecule has 1 aliphatic heterocycles. The molecule has 2 N–H and O–H groups in total. The Morgan fingerprint density at radius 1 is 1.54 bits per heavy atom. The van der Waals surface area contributed by atoms with Crippen LogP contribution in [0.15, 0.2) is 16.1 Å². The third-order valence-electron chi connectivity index (χ3n) is 1.72. The number of aromatic amines is 1. The van der Waals surface area contributed by atoms with E-state index in [9.17, 15) is 9.59 Å². The number of anilines is 1. The van der Waals surface area contributed by atoms with Crippen LogP contribution < -0.4 is 10.9 Å². The first-order valence-corrected chi connectivity index (χ1v) is 4.61. The van der Waals surface area contributed by atoms with E-state index in [-0.39, 0.29) is 22.4 Å². The van der Waals surface area contributed by atoms with Crippen LogP contribution in [0.25, 0.3) is 0 Å². The lowest BCUT2D eigenvalue weighted by Crippen LogP contribution is -2.31. The zero-order valence-corrected chi connectivity index (χ0v) is 7.64. The second-order valence-electron chi connectivity index (χ2n) is 2.66.